The van der Waals surface area contributed by atoms with Crippen molar-refractivity contribution in [2.75, 3.05) is 11.9 Å². The molecule has 2 heterocycles. The van der Waals surface area contributed by atoms with Crippen LogP contribution in [0.25, 0.3) is 11.0 Å². The number of hydrogen-bond acceptors (Lipinski definition) is 9. The molecule has 0 spiro atoms. The molecule has 33 heavy (non-hydrogen) atoms. The number of rotatable bonds is 4. The number of carbonyl (C=O) groups excluding carboxylic acids is 3. The highest BCUT2D eigenvalue weighted by atomic mass is 32.2. The zero-order valence-corrected chi connectivity index (χ0v) is 18.3. The molecule has 0 radical (unpaired) electrons. The zero-order chi connectivity index (χ0) is 23.2. The lowest BCUT2D eigenvalue weighted by Crippen LogP contribution is -2.23. The zero-order valence-electron chi connectivity index (χ0n) is 16.6. The quantitative estimate of drug-likeness (QED) is 0.389. The van der Waals surface area contributed by atoms with Crippen LogP contribution in [0.15, 0.2) is 70.5 Å². The summed E-state index contributed by atoms with van der Waals surface area (Å²) < 4.78 is 39.2. The van der Waals surface area contributed by atoms with Crippen molar-refractivity contribution in [3.05, 3.63) is 77.4 Å². The number of carbonyl (C=O) groups is 3. The minimum absolute atomic E-state index is 0.0204. The molecular formula is C22H13N3O6S2. The number of nitrogens with zero attached hydrogens (tertiary/aromatic N) is 2. The van der Waals surface area contributed by atoms with E-state index in [9.17, 15) is 22.8 Å². The Morgan fingerprint density at radius 1 is 0.939 bits per heavy atom. The molecule has 11 heteroatoms. The van der Waals surface area contributed by atoms with Crippen LogP contribution in [0.4, 0.5) is 5.69 Å². The van der Waals surface area contributed by atoms with Gasteiger partial charge in [0.05, 0.1) is 32.8 Å². The first kappa shape index (κ1) is 20.9. The van der Waals surface area contributed by atoms with E-state index in [2.05, 4.69) is 14.1 Å². The van der Waals surface area contributed by atoms with E-state index in [0.717, 1.165) is 17.8 Å². The molecule has 5 rings (SSSR count). The minimum atomic E-state index is -4.00. The number of amides is 1. The Balaban J connectivity index is 1.34. The van der Waals surface area contributed by atoms with Crippen molar-refractivity contribution in [3.8, 4) is 0 Å². The van der Waals surface area contributed by atoms with Crippen LogP contribution in [-0.2, 0) is 19.4 Å². The molecule has 0 fully saturated rings. The number of anilines is 1. The second-order valence-electron chi connectivity index (χ2n) is 7.10. The van der Waals surface area contributed by atoms with E-state index in [1.807, 2.05) is 0 Å². The molecule has 1 aliphatic heterocycles. The Morgan fingerprint density at radius 2 is 1.73 bits per heavy atom. The average molecular weight is 479 g/mol. The lowest BCUT2D eigenvalue weighted by Gasteiger charge is -2.19. The average Bonchev–Trinajstić information content (AvgIpc) is 3.31. The van der Waals surface area contributed by atoms with Gasteiger partial charge in [-0.15, -0.1) is 0 Å². The fourth-order valence-corrected chi connectivity index (χ4v) is 5.75. The van der Waals surface area contributed by atoms with Gasteiger partial charge in [-0.05, 0) is 42.5 Å². The molecule has 4 aromatic rings. The van der Waals surface area contributed by atoms with Crippen LogP contribution in [0.1, 0.15) is 26.3 Å². The standard InChI is InChI=1S/C22H13N3O6S2/c26-19(23-15-5-3-6-16-20(15)25-32-24-16)11-31-22(28)12-8-9-14-18(10-12)33(29,30)17-7-2-1-4-13(17)21(14)27/h1-10H,11H2,(H,23,26). The summed E-state index contributed by atoms with van der Waals surface area (Å²) in [4.78, 5) is 37.1. The summed E-state index contributed by atoms with van der Waals surface area (Å²) >= 11 is 1.01. The summed E-state index contributed by atoms with van der Waals surface area (Å²) in [5.74, 6) is -1.94. The molecule has 1 N–H and O–H groups in total. The number of benzene rings is 3. The molecular weight excluding hydrogens is 466 g/mol. The van der Waals surface area contributed by atoms with Crippen LogP contribution >= 0.6 is 11.7 Å². The number of fused-ring (bicyclic) bond motifs is 3. The van der Waals surface area contributed by atoms with Crippen molar-refractivity contribution in [3.63, 3.8) is 0 Å². The predicted molar refractivity (Wildman–Crippen MR) is 118 cm³/mol. The van der Waals surface area contributed by atoms with Gasteiger partial charge in [0.1, 0.15) is 11.0 Å². The summed E-state index contributed by atoms with van der Waals surface area (Å²) in [6, 6.07) is 14.7. The Kier molecular flexibility index (Phi) is 4.99. The van der Waals surface area contributed by atoms with Gasteiger partial charge in [0.2, 0.25) is 9.84 Å². The molecule has 0 unspecified atom stereocenters. The SMILES string of the molecule is O=C(COC(=O)c1ccc2c(c1)S(=O)(=O)c1ccccc1C2=O)Nc1cccc2nsnc12. The highest BCUT2D eigenvalue weighted by Gasteiger charge is 2.35. The number of hydrogen-bond donors (Lipinski definition) is 1. The Morgan fingerprint density at radius 3 is 2.58 bits per heavy atom. The van der Waals surface area contributed by atoms with Crippen molar-refractivity contribution in [1.29, 1.82) is 0 Å². The maximum atomic E-state index is 13.0. The summed E-state index contributed by atoms with van der Waals surface area (Å²) in [5, 5.41) is 2.61. The van der Waals surface area contributed by atoms with E-state index in [-0.39, 0.29) is 26.5 Å². The highest BCUT2D eigenvalue weighted by Crippen LogP contribution is 2.34. The highest BCUT2D eigenvalue weighted by molar-refractivity contribution is 7.91. The van der Waals surface area contributed by atoms with Gasteiger partial charge < -0.3 is 10.1 Å². The number of esters is 1. The van der Waals surface area contributed by atoms with Crippen molar-refractivity contribution in [1.82, 2.24) is 8.75 Å². The molecule has 0 bridgehead atoms. The lowest BCUT2D eigenvalue weighted by atomic mass is 10.0. The molecule has 164 valence electrons. The van der Waals surface area contributed by atoms with Crippen LogP contribution in [0.3, 0.4) is 0 Å². The Bertz CT molecular complexity index is 1580. The smallest absolute Gasteiger partial charge is 0.338 e. The first-order chi connectivity index (χ1) is 15.9. The second kappa shape index (κ2) is 7.87. The minimum Gasteiger partial charge on any atom is -0.452 e. The largest absolute Gasteiger partial charge is 0.452 e. The molecule has 0 aliphatic carbocycles. The van der Waals surface area contributed by atoms with Gasteiger partial charge in [0, 0.05) is 11.1 Å². The van der Waals surface area contributed by atoms with Gasteiger partial charge in [-0.1, -0.05) is 18.2 Å². The number of sulfone groups is 1. The molecule has 0 saturated heterocycles. The van der Waals surface area contributed by atoms with Crippen LogP contribution < -0.4 is 5.32 Å². The number of nitrogens with one attached hydrogen (secondary N) is 1. The molecule has 1 aromatic heterocycles. The predicted octanol–water partition coefficient (Wildman–Crippen LogP) is 2.86. The van der Waals surface area contributed by atoms with Crippen LogP contribution in [0.5, 0.6) is 0 Å². The van der Waals surface area contributed by atoms with Crippen LogP contribution in [0, 0.1) is 0 Å². The molecule has 1 aliphatic rings. The van der Waals surface area contributed by atoms with E-state index in [4.69, 9.17) is 4.74 Å². The second-order valence-corrected chi connectivity index (χ2v) is 9.52. The summed E-state index contributed by atoms with van der Waals surface area (Å²) in [6.45, 7) is -0.599. The van der Waals surface area contributed by atoms with Crippen molar-refractivity contribution in [2.24, 2.45) is 0 Å². The third kappa shape index (κ3) is 3.56. The van der Waals surface area contributed by atoms with Gasteiger partial charge >= 0.3 is 5.97 Å². The maximum Gasteiger partial charge on any atom is 0.338 e. The first-order valence-electron chi connectivity index (χ1n) is 9.57. The van der Waals surface area contributed by atoms with Crippen LogP contribution in [0.2, 0.25) is 0 Å². The normalized spacial score (nSPS) is 13.8. The summed E-state index contributed by atoms with van der Waals surface area (Å²) in [5.41, 5.74) is 1.55. The molecule has 9 nitrogen and oxygen atoms in total. The molecule has 3 aromatic carbocycles. The first-order valence-corrected chi connectivity index (χ1v) is 11.8. The Hall–Kier alpha value is -3.96. The fraction of sp³-hybridized carbons (Fsp3) is 0.0455. The van der Waals surface area contributed by atoms with Gasteiger partial charge in [0.15, 0.2) is 12.4 Å². The van der Waals surface area contributed by atoms with E-state index < -0.39 is 34.1 Å². The molecule has 0 atom stereocenters. The third-order valence-electron chi connectivity index (χ3n) is 5.07. The lowest BCUT2D eigenvalue weighted by molar-refractivity contribution is -0.119. The monoisotopic (exact) mass is 479 g/mol. The van der Waals surface area contributed by atoms with E-state index in [1.54, 1.807) is 24.3 Å². The number of ether oxygens (including phenoxy) is 1. The van der Waals surface area contributed by atoms with Crippen molar-refractivity contribution in [2.45, 2.75) is 9.79 Å². The van der Waals surface area contributed by atoms with Gasteiger partial charge in [-0.3, -0.25) is 9.59 Å². The third-order valence-corrected chi connectivity index (χ3v) is 7.46. The van der Waals surface area contributed by atoms with E-state index in [1.165, 1.54) is 30.3 Å². The molecule has 0 saturated carbocycles. The van der Waals surface area contributed by atoms with Gasteiger partial charge in [-0.25, -0.2) is 13.2 Å². The summed E-state index contributed by atoms with van der Waals surface area (Å²) in [7, 11) is -4.00. The number of ketones is 1. The molecule has 1 amide bonds. The van der Waals surface area contributed by atoms with Crippen molar-refractivity contribution < 1.29 is 27.5 Å². The van der Waals surface area contributed by atoms with E-state index >= 15 is 0 Å². The van der Waals surface area contributed by atoms with Crippen LogP contribution in [-0.4, -0.2) is 41.4 Å². The number of aromatic nitrogens is 2. The maximum absolute atomic E-state index is 13.0. The van der Waals surface area contributed by atoms with Crippen molar-refractivity contribution >= 4 is 55.9 Å². The summed E-state index contributed by atoms with van der Waals surface area (Å²) in [6.07, 6.45) is 0. The fourth-order valence-electron chi connectivity index (χ4n) is 3.52. The Labute approximate surface area is 191 Å². The topological polar surface area (TPSA) is 132 Å². The van der Waals surface area contributed by atoms with Gasteiger partial charge in [-0.2, -0.15) is 8.75 Å². The van der Waals surface area contributed by atoms with Gasteiger partial charge in [0.25, 0.3) is 5.91 Å². The van der Waals surface area contributed by atoms with E-state index in [0.29, 0.717) is 16.7 Å².